The van der Waals surface area contributed by atoms with Gasteiger partial charge in [0.25, 0.3) is 0 Å². The number of hydrogen-bond acceptors (Lipinski definition) is 3. The first kappa shape index (κ1) is 10.4. The van der Waals surface area contributed by atoms with Crippen LogP contribution in [0.1, 0.15) is 6.42 Å². The lowest BCUT2D eigenvalue weighted by molar-refractivity contribution is -0.119. The molecule has 0 saturated carbocycles. The van der Waals surface area contributed by atoms with Crippen molar-refractivity contribution in [3.8, 4) is 0 Å². The van der Waals surface area contributed by atoms with E-state index in [9.17, 15) is 4.79 Å². The number of nitrogens with zero attached hydrogens (tertiary/aromatic N) is 1. The zero-order valence-electron chi connectivity index (χ0n) is 8.16. The van der Waals surface area contributed by atoms with Crippen molar-refractivity contribution in [2.45, 2.75) is 6.42 Å². The van der Waals surface area contributed by atoms with Gasteiger partial charge in [-0.3, -0.25) is 4.79 Å². The molecule has 1 atom stereocenters. The van der Waals surface area contributed by atoms with Crippen molar-refractivity contribution < 1.29 is 4.79 Å². The summed E-state index contributed by atoms with van der Waals surface area (Å²) in [6.07, 6.45) is 0.881. The highest BCUT2D eigenvalue weighted by molar-refractivity contribution is 6.29. The zero-order chi connectivity index (χ0) is 10.7. The summed E-state index contributed by atoms with van der Waals surface area (Å²) in [5, 5.41) is 6.28. The summed E-state index contributed by atoms with van der Waals surface area (Å²) in [7, 11) is 0. The molecule has 1 aromatic heterocycles. The van der Waals surface area contributed by atoms with Gasteiger partial charge < -0.3 is 10.6 Å². The molecule has 1 amide bonds. The van der Waals surface area contributed by atoms with Gasteiger partial charge in [0.2, 0.25) is 5.91 Å². The molecule has 1 unspecified atom stereocenters. The second-order valence-corrected chi connectivity index (χ2v) is 3.91. The first-order valence-electron chi connectivity index (χ1n) is 4.90. The van der Waals surface area contributed by atoms with Crippen LogP contribution in [0.5, 0.6) is 0 Å². The van der Waals surface area contributed by atoms with Crippen LogP contribution in [-0.2, 0) is 4.79 Å². The second kappa shape index (κ2) is 4.59. The molecule has 5 heteroatoms. The summed E-state index contributed by atoms with van der Waals surface area (Å²) in [4.78, 5) is 15.7. The molecule has 1 aromatic rings. The van der Waals surface area contributed by atoms with Gasteiger partial charge in [-0.2, -0.15) is 0 Å². The molecule has 80 valence electrons. The number of anilines is 1. The maximum absolute atomic E-state index is 11.7. The largest absolute Gasteiger partial charge is 0.316 e. The molecular weight excluding hydrogens is 214 g/mol. The summed E-state index contributed by atoms with van der Waals surface area (Å²) >= 11 is 5.71. The van der Waals surface area contributed by atoms with E-state index in [1.807, 2.05) is 0 Å². The highest BCUT2D eigenvalue weighted by Gasteiger charge is 2.22. The highest BCUT2D eigenvalue weighted by Crippen LogP contribution is 2.13. The van der Waals surface area contributed by atoms with Crippen LogP contribution in [0.25, 0.3) is 0 Å². The predicted molar refractivity (Wildman–Crippen MR) is 58.9 cm³/mol. The smallest absolute Gasteiger partial charge is 0.229 e. The van der Waals surface area contributed by atoms with Crippen LogP contribution >= 0.6 is 11.6 Å². The van der Waals surface area contributed by atoms with Crippen LogP contribution in [-0.4, -0.2) is 24.0 Å². The van der Waals surface area contributed by atoms with E-state index in [2.05, 4.69) is 15.6 Å². The number of carbonyl (C=O) groups is 1. The minimum atomic E-state index is 0.00904. The molecule has 0 aromatic carbocycles. The Hall–Kier alpha value is -1.13. The molecule has 0 bridgehead atoms. The fraction of sp³-hybridized carbons (Fsp3) is 0.400. The quantitative estimate of drug-likeness (QED) is 0.746. The van der Waals surface area contributed by atoms with E-state index < -0.39 is 0 Å². The standard InChI is InChI=1S/C10H12ClN3O/c11-8-2-1-3-9(13-8)14-10(15)7-4-5-12-6-7/h1-3,7,12H,4-6H2,(H,13,14,15). The van der Waals surface area contributed by atoms with Gasteiger partial charge >= 0.3 is 0 Å². The summed E-state index contributed by atoms with van der Waals surface area (Å²) in [6.45, 7) is 1.65. The Morgan fingerprint density at radius 1 is 1.60 bits per heavy atom. The van der Waals surface area contributed by atoms with Crippen LogP contribution in [0, 0.1) is 5.92 Å². The molecule has 0 radical (unpaired) electrons. The fourth-order valence-electron chi connectivity index (χ4n) is 1.58. The number of aromatic nitrogens is 1. The van der Waals surface area contributed by atoms with Gasteiger partial charge in [-0.1, -0.05) is 17.7 Å². The van der Waals surface area contributed by atoms with E-state index in [0.29, 0.717) is 11.0 Å². The van der Waals surface area contributed by atoms with Crippen molar-refractivity contribution in [2.75, 3.05) is 18.4 Å². The van der Waals surface area contributed by atoms with Gasteiger partial charge in [-0.15, -0.1) is 0 Å². The molecule has 0 aliphatic carbocycles. The number of pyridine rings is 1. The summed E-state index contributed by atoms with van der Waals surface area (Å²) < 4.78 is 0. The third kappa shape index (κ3) is 2.67. The van der Waals surface area contributed by atoms with E-state index >= 15 is 0 Å². The van der Waals surface area contributed by atoms with E-state index in [-0.39, 0.29) is 11.8 Å². The van der Waals surface area contributed by atoms with Crippen LogP contribution in [0.15, 0.2) is 18.2 Å². The zero-order valence-corrected chi connectivity index (χ0v) is 8.92. The average Bonchev–Trinajstić information content (AvgIpc) is 2.70. The maximum atomic E-state index is 11.7. The van der Waals surface area contributed by atoms with Gasteiger partial charge in [0.1, 0.15) is 11.0 Å². The SMILES string of the molecule is O=C(Nc1cccc(Cl)n1)C1CCNC1. The van der Waals surface area contributed by atoms with Gasteiger partial charge in [0.15, 0.2) is 0 Å². The molecule has 2 rings (SSSR count). The lowest BCUT2D eigenvalue weighted by Gasteiger charge is -2.08. The molecule has 2 heterocycles. The van der Waals surface area contributed by atoms with Gasteiger partial charge in [-0.05, 0) is 25.1 Å². The molecule has 15 heavy (non-hydrogen) atoms. The van der Waals surface area contributed by atoms with Gasteiger partial charge in [-0.25, -0.2) is 4.98 Å². The number of carbonyl (C=O) groups excluding carboxylic acids is 1. The van der Waals surface area contributed by atoms with Crippen LogP contribution < -0.4 is 10.6 Å². The molecule has 1 saturated heterocycles. The number of halogens is 1. The Morgan fingerprint density at radius 3 is 3.13 bits per heavy atom. The second-order valence-electron chi connectivity index (χ2n) is 3.52. The number of rotatable bonds is 2. The van der Waals surface area contributed by atoms with E-state index in [0.717, 1.165) is 19.5 Å². The molecule has 1 aliphatic rings. The monoisotopic (exact) mass is 225 g/mol. The van der Waals surface area contributed by atoms with Gasteiger partial charge in [0.05, 0.1) is 5.92 Å². The Kier molecular flexibility index (Phi) is 3.18. The summed E-state index contributed by atoms with van der Waals surface area (Å²) in [5.74, 6) is 0.569. The Morgan fingerprint density at radius 2 is 2.47 bits per heavy atom. The summed E-state index contributed by atoms with van der Waals surface area (Å²) in [6, 6.07) is 5.17. The van der Waals surface area contributed by atoms with Crippen molar-refractivity contribution in [3.05, 3.63) is 23.4 Å². The summed E-state index contributed by atoms with van der Waals surface area (Å²) in [5.41, 5.74) is 0. The van der Waals surface area contributed by atoms with Crippen molar-refractivity contribution in [1.29, 1.82) is 0 Å². The molecule has 4 nitrogen and oxygen atoms in total. The number of hydrogen-bond donors (Lipinski definition) is 2. The number of amides is 1. The van der Waals surface area contributed by atoms with Crippen molar-refractivity contribution in [1.82, 2.24) is 10.3 Å². The van der Waals surface area contributed by atoms with Gasteiger partial charge in [0, 0.05) is 6.54 Å². The topological polar surface area (TPSA) is 54.0 Å². The minimum Gasteiger partial charge on any atom is -0.316 e. The Balaban J connectivity index is 1.99. The fourth-order valence-corrected chi connectivity index (χ4v) is 1.75. The lowest BCUT2D eigenvalue weighted by atomic mass is 10.1. The van der Waals surface area contributed by atoms with E-state index in [4.69, 9.17) is 11.6 Å². The Labute approximate surface area is 93.0 Å². The minimum absolute atomic E-state index is 0.00904. The highest BCUT2D eigenvalue weighted by atomic mass is 35.5. The molecular formula is C10H12ClN3O. The maximum Gasteiger partial charge on any atom is 0.229 e. The van der Waals surface area contributed by atoms with Crippen molar-refractivity contribution in [2.24, 2.45) is 5.92 Å². The first-order chi connectivity index (χ1) is 7.25. The average molecular weight is 226 g/mol. The molecule has 2 N–H and O–H groups in total. The normalized spacial score (nSPS) is 20.2. The molecule has 0 spiro atoms. The third-order valence-corrected chi connectivity index (χ3v) is 2.61. The van der Waals surface area contributed by atoms with E-state index in [1.165, 1.54) is 0 Å². The van der Waals surface area contributed by atoms with Crippen LogP contribution in [0.2, 0.25) is 5.15 Å². The predicted octanol–water partition coefficient (Wildman–Crippen LogP) is 1.28. The first-order valence-corrected chi connectivity index (χ1v) is 5.27. The lowest BCUT2D eigenvalue weighted by Crippen LogP contribution is -2.25. The van der Waals surface area contributed by atoms with Crippen molar-refractivity contribution in [3.63, 3.8) is 0 Å². The molecule has 1 aliphatic heterocycles. The van der Waals surface area contributed by atoms with Crippen LogP contribution in [0.4, 0.5) is 5.82 Å². The van der Waals surface area contributed by atoms with Crippen LogP contribution in [0.3, 0.4) is 0 Å². The van der Waals surface area contributed by atoms with E-state index in [1.54, 1.807) is 18.2 Å². The van der Waals surface area contributed by atoms with Crippen molar-refractivity contribution >= 4 is 23.3 Å². The molecule has 1 fully saturated rings. The number of nitrogens with one attached hydrogen (secondary N) is 2. The third-order valence-electron chi connectivity index (χ3n) is 2.40. The Bertz CT molecular complexity index is 363.